The van der Waals surface area contributed by atoms with Crippen molar-refractivity contribution in [3.8, 4) is 0 Å². The van der Waals surface area contributed by atoms with E-state index >= 15 is 0 Å². The van der Waals surface area contributed by atoms with Crippen LogP contribution >= 0.6 is 0 Å². The summed E-state index contributed by atoms with van der Waals surface area (Å²) in [6.45, 7) is 6.00. The quantitative estimate of drug-likeness (QED) is 0.563. The van der Waals surface area contributed by atoms with Crippen LogP contribution in [0.4, 0.5) is 0 Å². The van der Waals surface area contributed by atoms with E-state index in [2.05, 4.69) is 18.7 Å². The molecule has 0 N–H and O–H groups in total. The second-order valence-corrected chi connectivity index (χ2v) is 8.54. The molecule has 0 aromatic heterocycles. The van der Waals surface area contributed by atoms with Crippen LogP contribution in [-0.2, 0) is 21.1 Å². The summed E-state index contributed by atoms with van der Waals surface area (Å²) in [5.41, 5.74) is 2.24. The fourth-order valence-corrected chi connectivity index (χ4v) is 4.66. The zero-order chi connectivity index (χ0) is 17.6. The lowest BCUT2D eigenvalue weighted by atomic mass is 10.1. The number of carbonyl (C=O) groups excluding carboxylic acids is 1. The zero-order valence-electron chi connectivity index (χ0n) is 14.1. The van der Waals surface area contributed by atoms with E-state index < -0.39 is 9.84 Å². The number of nitrogens with zero attached hydrogens (tertiary/aromatic N) is 1. The van der Waals surface area contributed by atoms with Gasteiger partial charge in [0.2, 0.25) is 5.91 Å². The van der Waals surface area contributed by atoms with Gasteiger partial charge in [-0.2, -0.15) is 0 Å². The molecule has 1 atom stereocenters. The molecule has 1 aromatic carbocycles. The molecule has 0 unspecified atom stereocenters. The molecule has 24 heavy (non-hydrogen) atoms. The monoisotopic (exact) mass is 347 g/mol. The normalized spacial score (nSPS) is 19.9. The van der Waals surface area contributed by atoms with Crippen molar-refractivity contribution >= 4 is 15.7 Å². The molecular formula is C19H25NO3S. The Bertz CT molecular complexity index is 707. The minimum atomic E-state index is -3.02. The van der Waals surface area contributed by atoms with Gasteiger partial charge < -0.3 is 4.90 Å². The minimum absolute atomic E-state index is 0.0590. The number of carbonyl (C=O) groups is 1. The van der Waals surface area contributed by atoms with Crippen molar-refractivity contribution in [3.63, 3.8) is 0 Å². The molecule has 1 aliphatic heterocycles. The van der Waals surface area contributed by atoms with Gasteiger partial charge in [0.25, 0.3) is 0 Å². The number of hydrogen-bond acceptors (Lipinski definition) is 3. The summed E-state index contributed by atoms with van der Waals surface area (Å²) in [5.74, 6) is 0.0984. The lowest BCUT2D eigenvalue weighted by molar-refractivity contribution is -0.127. The summed E-state index contributed by atoms with van der Waals surface area (Å²) in [4.78, 5) is 14.2. The number of amides is 1. The first kappa shape index (κ1) is 18.5. The predicted molar refractivity (Wildman–Crippen MR) is 97.5 cm³/mol. The van der Waals surface area contributed by atoms with E-state index in [1.807, 2.05) is 25.1 Å². The first-order chi connectivity index (χ1) is 11.4. The topological polar surface area (TPSA) is 54.5 Å². The number of benzene rings is 1. The number of hydrogen-bond donors (Lipinski definition) is 0. The molecule has 1 aromatic rings. The van der Waals surface area contributed by atoms with E-state index in [4.69, 9.17) is 0 Å². The molecule has 0 saturated carbocycles. The van der Waals surface area contributed by atoms with Gasteiger partial charge in [-0.3, -0.25) is 4.79 Å². The average molecular weight is 347 g/mol. The Hall–Kier alpha value is -1.88. The van der Waals surface area contributed by atoms with Crippen LogP contribution in [-0.4, -0.2) is 43.3 Å². The van der Waals surface area contributed by atoms with Gasteiger partial charge >= 0.3 is 0 Å². The molecule has 0 aliphatic carbocycles. The maximum absolute atomic E-state index is 12.6. The third-order valence-corrected chi connectivity index (χ3v) is 6.03. The van der Waals surface area contributed by atoms with Crippen LogP contribution in [0.3, 0.4) is 0 Å². The van der Waals surface area contributed by atoms with E-state index in [0.29, 0.717) is 13.0 Å². The fraction of sp³-hybridized carbons (Fsp3) is 0.421. The molecule has 1 amide bonds. The molecule has 0 radical (unpaired) electrons. The minimum Gasteiger partial charge on any atom is -0.331 e. The third kappa shape index (κ3) is 5.34. The molecule has 1 heterocycles. The maximum Gasteiger partial charge on any atom is 0.247 e. The van der Waals surface area contributed by atoms with Crippen molar-refractivity contribution in [3.05, 3.63) is 60.2 Å². The van der Waals surface area contributed by atoms with E-state index in [-0.39, 0.29) is 23.5 Å². The lowest BCUT2D eigenvalue weighted by Gasteiger charge is -2.26. The van der Waals surface area contributed by atoms with Gasteiger partial charge in [-0.15, -0.1) is 6.58 Å². The molecule has 1 fully saturated rings. The van der Waals surface area contributed by atoms with E-state index in [1.54, 1.807) is 17.1 Å². The zero-order valence-corrected chi connectivity index (χ0v) is 15.0. The van der Waals surface area contributed by atoms with Crippen LogP contribution in [0.25, 0.3) is 0 Å². The number of sulfone groups is 1. The van der Waals surface area contributed by atoms with E-state index in [1.165, 1.54) is 5.56 Å². The van der Waals surface area contributed by atoms with Gasteiger partial charge in [0, 0.05) is 18.7 Å². The van der Waals surface area contributed by atoms with Crippen LogP contribution < -0.4 is 0 Å². The Kier molecular flexibility index (Phi) is 6.37. The average Bonchev–Trinajstić information content (AvgIpc) is 2.91. The first-order valence-electron chi connectivity index (χ1n) is 8.24. The first-order valence-corrected chi connectivity index (χ1v) is 10.1. The third-order valence-electron chi connectivity index (χ3n) is 4.28. The number of aryl methyl sites for hydroxylation is 1. The Morgan fingerprint density at radius 3 is 2.62 bits per heavy atom. The Labute approximate surface area is 144 Å². The van der Waals surface area contributed by atoms with Crippen LogP contribution in [0.5, 0.6) is 0 Å². The summed E-state index contributed by atoms with van der Waals surface area (Å²) in [6, 6.07) is 9.90. The van der Waals surface area contributed by atoms with Gasteiger partial charge in [0.15, 0.2) is 9.84 Å². The summed E-state index contributed by atoms with van der Waals surface area (Å²) < 4.78 is 23.3. The van der Waals surface area contributed by atoms with Crippen molar-refractivity contribution in [2.24, 2.45) is 0 Å². The largest absolute Gasteiger partial charge is 0.331 e. The highest BCUT2D eigenvalue weighted by Gasteiger charge is 2.33. The van der Waals surface area contributed by atoms with Crippen LogP contribution in [0, 0.1) is 0 Å². The maximum atomic E-state index is 12.6. The molecule has 0 spiro atoms. The summed E-state index contributed by atoms with van der Waals surface area (Å²) in [6.07, 6.45) is 5.49. The van der Waals surface area contributed by atoms with Gasteiger partial charge in [-0.25, -0.2) is 8.42 Å². The summed E-state index contributed by atoms with van der Waals surface area (Å²) in [5, 5.41) is 0. The predicted octanol–water partition coefficient (Wildman–Crippen LogP) is 2.77. The second kappa shape index (κ2) is 8.29. The highest BCUT2D eigenvalue weighted by Crippen LogP contribution is 2.19. The smallest absolute Gasteiger partial charge is 0.247 e. The molecule has 4 nitrogen and oxygen atoms in total. The highest BCUT2D eigenvalue weighted by atomic mass is 32.2. The fourth-order valence-electron chi connectivity index (χ4n) is 2.93. The van der Waals surface area contributed by atoms with Crippen molar-refractivity contribution in [2.45, 2.75) is 32.2 Å². The summed E-state index contributed by atoms with van der Waals surface area (Å²) in [7, 11) is -3.02. The summed E-state index contributed by atoms with van der Waals surface area (Å²) >= 11 is 0. The van der Waals surface area contributed by atoms with Gasteiger partial charge in [-0.1, -0.05) is 42.0 Å². The number of allylic oxidation sites excluding steroid dienone is 1. The molecule has 1 saturated heterocycles. The van der Waals surface area contributed by atoms with Gasteiger partial charge in [-0.05, 0) is 31.7 Å². The standard InChI is InChI=1S/C19H25NO3S/c1-3-12-20(18-11-13-24(22,23)15-18)19(21)14-16(2)9-10-17-7-5-4-6-8-17/h3-8,14,18H,1,9-13,15H2,2H3/b16-14+/t18-/m0/s1. The highest BCUT2D eigenvalue weighted by molar-refractivity contribution is 7.91. The van der Waals surface area contributed by atoms with Crippen LogP contribution in [0.2, 0.25) is 0 Å². The van der Waals surface area contributed by atoms with Crippen LogP contribution in [0.15, 0.2) is 54.6 Å². The second-order valence-electron chi connectivity index (χ2n) is 6.31. The SMILES string of the molecule is C=CCN(C(=O)/C=C(\C)CCc1ccccc1)[C@H]1CCS(=O)(=O)C1. The molecule has 2 rings (SSSR count). The van der Waals surface area contributed by atoms with Crippen molar-refractivity contribution in [1.29, 1.82) is 0 Å². The molecule has 0 bridgehead atoms. The van der Waals surface area contributed by atoms with Crippen molar-refractivity contribution in [2.75, 3.05) is 18.1 Å². The van der Waals surface area contributed by atoms with E-state index in [0.717, 1.165) is 18.4 Å². The van der Waals surface area contributed by atoms with Crippen LogP contribution in [0.1, 0.15) is 25.3 Å². The molecule has 130 valence electrons. The molecular weight excluding hydrogens is 322 g/mol. The Morgan fingerprint density at radius 1 is 1.33 bits per heavy atom. The van der Waals surface area contributed by atoms with E-state index in [9.17, 15) is 13.2 Å². The Balaban J connectivity index is 1.99. The van der Waals surface area contributed by atoms with Gasteiger partial charge in [0.1, 0.15) is 0 Å². The van der Waals surface area contributed by atoms with Crippen molar-refractivity contribution in [1.82, 2.24) is 4.90 Å². The van der Waals surface area contributed by atoms with Gasteiger partial charge in [0.05, 0.1) is 11.5 Å². The molecule has 5 heteroatoms. The lowest BCUT2D eigenvalue weighted by Crippen LogP contribution is -2.40. The molecule has 1 aliphatic rings. The number of rotatable bonds is 7. The van der Waals surface area contributed by atoms with Crippen molar-refractivity contribution < 1.29 is 13.2 Å². The Morgan fingerprint density at radius 2 is 2.04 bits per heavy atom.